The van der Waals surface area contributed by atoms with Gasteiger partial charge in [-0.1, -0.05) is 48.1 Å². The first-order chi connectivity index (χ1) is 18.7. The van der Waals surface area contributed by atoms with Crippen LogP contribution in [-0.2, 0) is 27.4 Å². The third-order valence-electron chi connectivity index (χ3n) is 6.58. The lowest BCUT2D eigenvalue weighted by Crippen LogP contribution is -2.55. The van der Waals surface area contributed by atoms with Gasteiger partial charge in [0.1, 0.15) is 36.6 Å². The van der Waals surface area contributed by atoms with Crippen LogP contribution in [0.3, 0.4) is 0 Å². The van der Waals surface area contributed by atoms with Gasteiger partial charge in [0, 0.05) is 17.5 Å². The van der Waals surface area contributed by atoms with Gasteiger partial charge in [-0.15, -0.1) is 0 Å². The molecule has 2 aromatic carbocycles. The van der Waals surface area contributed by atoms with E-state index in [1.807, 2.05) is 56.3 Å². The third kappa shape index (κ3) is 7.74. The molecule has 1 amide bonds. The predicted octanol–water partition coefficient (Wildman–Crippen LogP) is 4.38. The summed E-state index contributed by atoms with van der Waals surface area (Å²) in [6.45, 7) is 9.10. The van der Waals surface area contributed by atoms with Crippen LogP contribution >= 0.6 is 0 Å². The Labute approximate surface area is 228 Å². The summed E-state index contributed by atoms with van der Waals surface area (Å²) in [6.07, 6.45) is 4.55. The zero-order chi connectivity index (χ0) is 27.9. The van der Waals surface area contributed by atoms with Gasteiger partial charge in [0.05, 0.1) is 26.1 Å². The fourth-order valence-corrected chi connectivity index (χ4v) is 4.70. The summed E-state index contributed by atoms with van der Waals surface area (Å²) < 4.78 is 17.8. The molecule has 0 aliphatic carbocycles. The second kappa shape index (κ2) is 12.7. The minimum atomic E-state index is -0.834. The maximum absolute atomic E-state index is 11.6. The Morgan fingerprint density at radius 2 is 1.90 bits per heavy atom. The molecule has 0 radical (unpaired) electrons. The van der Waals surface area contributed by atoms with Crippen LogP contribution in [0.2, 0.25) is 0 Å². The Kier molecular flexibility index (Phi) is 9.09. The molecular formula is C31H35NO7. The highest BCUT2D eigenvalue weighted by Gasteiger charge is 2.32. The second-order valence-corrected chi connectivity index (χ2v) is 10.2. The van der Waals surface area contributed by atoms with Crippen molar-refractivity contribution in [2.24, 2.45) is 0 Å². The minimum Gasteiger partial charge on any atom is -0.492 e. The molecule has 206 valence electrons. The van der Waals surface area contributed by atoms with E-state index in [0.29, 0.717) is 43.6 Å². The van der Waals surface area contributed by atoms with E-state index >= 15 is 0 Å². The molecule has 2 aliphatic rings. The number of likely N-dealkylation sites (tertiary alicyclic amines) is 1. The highest BCUT2D eigenvalue weighted by atomic mass is 16.5. The molecule has 0 aromatic heterocycles. The molecule has 2 aliphatic heterocycles. The summed E-state index contributed by atoms with van der Waals surface area (Å²) in [4.78, 5) is 24.2. The number of carboxylic acids is 1. The smallest absolute Gasteiger partial charge is 0.304 e. The van der Waals surface area contributed by atoms with Crippen molar-refractivity contribution < 1.29 is 34.0 Å². The number of carboxylic acid groups (broad SMARTS) is 1. The maximum Gasteiger partial charge on any atom is 0.304 e. The van der Waals surface area contributed by atoms with Gasteiger partial charge in [0.2, 0.25) is 5.91 Å². The second-order valence-electron chi connectivity index (χ2n) is 10.2. The maximum atomic E-state index is 11.6. The highest BCUT2D eigenvalue weighted by molar-refractivity contribution is 5.78. The quantitative estimate of drug-likeness (QED) is 0.308. The van der Waals surface area contributed by atoms with Gasteiger partial charge >= 0.3 is 5.97 Å². The number of aliphatic hydroxyl groups excluding tert-OH is 1. The van der Waals surface area contributed by atoms with Crippen molar-refractivity contribution in [1.82, 2.24) is 4.90 Å². The molecule has 0 bridgehead atoms. The van der Waals surface area contributed by atoms with Crippen LogP contribution in [-0.4, -0.2) is 59.4 Å². The number of allylic oxidation sites excluding steroid dienone is 4. The molecule has 1 fully saturated rings. The number of ether oxygens (including phenoxy) is 3. The minimum absolute atomic E-state index is 0.0509. The number of benzene rings is 2. The Morgan fingerprint density at radius 3 is 2.62 bits per heavy atom. The Bertz CT molecular complexity index is 1290. The van der Waals surface area contributed by atoms with Crippen LogP contribution in [0.25, 0.3) is 0 Å². The Balaban J connectivity index is 1.34. The third-order valence-corrected chi connectivity index (χ3v) is 6.58. The van der Waals surface area contributed by atoms with Gasteiger partial charge in [-0.25, -0.2) is 0 Å². The summed E-state index contributed by atoms with van der Waals surface area (Å²) >= 11 is 0. The summed E-state index contributed by atoms with van der Waals surface area (Å²) in [5.41, 5.74) is 5.05. The molecular weight excluding hydrogens is 498 g/mol. The molecule has 0 saturated carbocycles. The molecule has 2 heterocycles. The van der Waals surface area contributed by atoms with Gasteiger partial charge in [-0.05, 0) is 49.6 Å². The first-order valence-corrected chi connectivity index (χ1v) is 13.0. The van der Waals surface area contributed by atoms with Gasteiger partial charge in [0.15, 0.2) is 0 Å². The van der Waals surface area contributed by atoms with Crippen molar-refractivity contribution in [3.63, 3.8) is 0 Å². The number of amides is 1. The summed E-state index contributed by atoms with van der Waals surface area (Å²) in [5.74, 6) is 0.806. The zero-order valence-corrected chi connectivity index (χ0v) is 22.4. The van der Waals surface area contributed by atoms with Gasteiger partial charge in [0.25, 0.3) is 0 Å². The van der Waals surface area contributed by atoms with E-state index in [1.54, 1.807) is 4.90 Å². The van der Waals surface area contributed by atoms with Crippen LogP contribution in [0.5, 0.6) is 11.5 Å². The molecule has 39 heavy (non-hydrogen) atoms. The van der Waals surface area contributed by atoms with Crippen LogP contribution in [0.1, 0.15) is 42.9 Å². The number of carbonyl (C=O) groups excluding carboxylic acids is 1. The number of hydrogen-bond acceptors (Lipinski definition) is 6. The van der Waals surface area contributed by atoms with Crippen LogP contribution in [0.4, 0.5) is 0 Å². The fraction of sp³-hybridized carbons (Fsp3) is 0.355. The van der Waals surface area contributed by atoms with E-state index in [-0.39, 0.29) is 24.3 Å². The zero-order valence-electron chi connectivity index (χ0n) is 22.4. The van der Waals surface area contributed by atoms with Gasteiger partial charge in [-0.2, -0.15) is 0 Å². The van der Waals surface area contributed by atoms with E-state index in [1.165, 1.54) is 0 Å². The average molecular weight is 534 g/mol. The molecule has 1 atom stereocenters. The van der Waals surface area contributed by atoms with E-state index in [4.69, 9.17) is 24.4 Å². The van der Waals surface area contributed by atoms with Crippen molar-refractivity contribution in [3.05, 3.63) is 94.8 Å². The van der Waals surface area contributed by atoms with Crippen molar-refractivity contribution in [1.29, 1.82) is 0 Å². The molecule has 2 aromatic rings. The first kappa shape index (κ1) is 28.0. The molecule has 4 rings (SSSR count). The van der Waals surface area contributed by atoms with Crippen molar-refractivity contribution in [2.45, 2.75) is 45.3 Å². The van der Waals surface area contributed by atoms with E-state index in [0.717, 1.165) is 34.3 Å². The molecule has 1 saturated heterocycles. The van der Waals surface area contributed by atoms with Gasteiger partial charge in [-0.3, -0.25) is 9.59 Å². The average Bonchev–Trinajstić information content (AvgIpc) is 3.25. The van der Waals surface area contributed by atoms with Crippen molar-refractivity contribution in [2.75, 3.05) is 26.3 Å². The molecule has 0 spiro atoms. The number of aliphatic hydroxyl groups is 1. The van der Waals surface area contributed by atoms with E-state index in [9.17, 15) is 9.59 Å². The summed E-state index contributed by atoms with van der Waals surface area (Å²) in [6, 6.07) is 13.8. The SMILES string of the molecule is C=C(C)/C=C(\C=C(\C)Cc1cccc(COc2ccc3c(c2)OCC3CC(=O)O)c1)OC1CN(C(=O)CO)C1. The number of carbonyl (C=O) groups is 2. The largest absolute Gasteiger partial charge is 0.492 e. The lowest BCUT2D eigenvalue weighted by molar-refractivity contribution is -0.145. The monoisotopic (exact) mass is 533 g/mol. The molecule has 2 N–H and O–H groups in total. The fourth-order valence-electron chi connectivity index (χ4n) is 4.70. The van der Waals surface area contributed by atoms with Crippen LogP contribution in [0, 0.1) is 0 Å². The first-order valence-electron chi connectivity index (χ1n) is 13.0. The lowest BCUT2D eigenvalue weighted by Gasteiger charge is -2.38. The Hall–Kier alpha value is -4.04. The lowest BCUT2D eigenvalue weighted by atomic mass is 9.98. The summed E-state index contributed by atoms with van der Waals surface area (Å²) in [5, 5.41) is 18.1. The summed E-state index contributed by atoms with van der Waals surface area (Å²) in [7, 11) is 0. The van der Waals surface area contributed by atoms with Crippen molar-refractivity contribution in [3.8, 4) is 11.5 Å². The molecule has 8 heteroatoms. The van der Waals surface area contributed by atoms with Gasteiger partial charge < -0.3 is 29.3 Å². The number of aliphatic carboxylic acids is 1. The standard InChI is InChI=1S/C31H35NO7/c1-20(2)9-26(39-27-15-32(16-27)30(34)17-33)11-21(3)10-22-5-4-6-23(12-22)18-37-25-7-8-28-24(13-31(35)36)19-38-29(28)14-25/h4-9,11-12,14,24,27,33H,1,10,13,15-19H2,2-3H3,(H,35,36)/b21-11-,26-9+. The van der Waals surface area contributed by atoms with Crippen LogP contribution < -0.4 is 9.47 Å². The van der Waals surface area contributed by atoms with Crippen LogP contribution in [0.15, 0.2) is 78.1 Å². The highest BCUT2D eigenvalue weighted by Crippen LogP contribution is 2.38. The van der Waals surface area contributed by atoms with Crippen molar-refractivity contribution >= 4 is 11.9 Å². The molecule has 1 unspecified atom stereocenters. The number of hydrogen-bond donors (Lipinski definition) is 2. The van der Waals surface area contributed by atoms with E-state index < -0.39 is 12.6 Å². The van der Waals surface area contributed by atoms with E-state index in [2.05, 4.69) is 18.7 Å². The number of fused-ring (bicyclic) bond motifs is 1. The Morgan fingerprint density at radius 1 is 1.13 bits per heavy atom. The number of rotatable bonds is 12. The predicted molar refractivity (Wildman–Crippen MR) is 147 cm³/mol. The normalized spacial score (nSPS) is 17.2. The topological polar surface area (TPSA) is 106 Å². The molecule has 8 nitrogen and oxygen atoms in total. The number of nitrogens with zero attached hydrogens (tertiary/aromatic N) is 1.